The van der Waals surface area contributed by atoms with Crippen LogP contribution in [0.4, 0.5) is 0 Å². The predicted octanol–water partition coefficient (Wildman–Crippen LogP) is -8.76. The summed E-state index contributed by atoms with van der Waals surface area (Å²) >= 11 is 0. The Balaban J connectivity index is -0.0000000546. The van der Waals surface area contributed by atoms with Gasteiger partial charge in [0.05, 0.1) is 14.2 Å². The molecule has 13 heavy (non-hydrogen) atoms. The summed E-state index contributed by atoms with van der Waals surface area (Å²) in [6.07, 6.45) is 0.0694. The fourth-order valence-electron chi connectivity index (χ4n) is 0.123. The van der Waals surface area contributed by atoms with Crippen molar-refractivity contribution in [3.05, 3.63) is 0 Å². The monoisotopic (exact) mass is 263 g/mol. The second kappa shape index (κ2) is 14.8. The van der Waals surface area contributed by atoms with Gasteiger partial charge in [-0.1, -0.05) is 0 Å². The van der Waals surface area contributed by atoms with Crippen molar-refractivity contribution in [1.82, 2.24) is 0 Å². The molecule has 0 aromatic carbocycles. The molecule has 68 valence electrons. The maximum atomic E-state index is 9.52. The Hall–Kier alpha value is 2.81. The fourth-order valence-corrected chi connectivity index (χ4v) is 0.123. The molecule has 0 bridgehead atoms. The maximum Gasteiger partial charge on any atom is 1.00 e. The van der Waals surface area contributed by atoms with Crippen LogP contribution in [0.15, 0.2) is 0 Å². The van der Waals surface area contributed by atoms with Crippen LogP contribution < -0.4 is 118 Å². The minimum Gasteiger partial charge on any atom is -0.790 e. The van der Waals surface area contributed by atoms with E-state index in [0.29, 0.717) is 0 Å². The molecule has 0 atom stereocenters. The van der Waals surface area contributed by atoms with Crippen molar-refractivity contribution in [3.63, 3.8) is 0 Å². The molecule has 0 saturated carbocycles. The summed E-state index contributed by atoms with van der Waals surface area (Å²) in [5.41, 5.74) is 4.85. The summed E-state index contributed by atoms with van der Waals surface area (Å²) in [7, 11) is -5.14. The Morgan fingerprint density at radius 3 is 1.62 bits per heavy atom. The summed E-state index contributed by atoms with van der Waals surface area (Å²) in [4.78, 5) is 33.8. The Labute approximate surface area is 161 Å². The van der Waals surface area contributed by atoms with E-state index in [2.05, 4.69) is 0 Å². The Kier molecular flexibility index (Phi) is 28.3. The summed E-state index contributed by atoms with van der Waals surface area (Å²) in [6, 6.07) is 0. The fraction of sp³-hybridized carbons (Fsp3) is 0.667. The number of hydrogen-bond acceptors (Lipinski definition) is 5. The SMILES string of the molecule is NCCC(=O)O.O=P([O-])([O-])O.[K+].[K+]. The zero-order valence-electron chi connectivity index (χ0n) is 7.47. The molecule has 0 aliphatic carbocycles. The van der Waals surface area contributed by atoms with Crippen molar-refractivity contribution in [2.75, 3.05) is 6.54 Å². The quantitative estimate of drug-likeness (QED) is 0.331. The Morgan fingerprint density at radius 2 is 1.62 bits per heavy atom. The van der Waals surface area contributed by atoms with Gasteiger partial charge in [0.2, 0.25) is 0 Å². The number of carbonyl (C=O) groups is 1. The van der Waals surface area contributed by atoms with Crippen LogP contribution in [0, 0.1) is 0 Å². The normalized spacial score (nSPS) is 8.31. The van der Waals surface area contributed by atoms with Crippen LogP contribution in [0.5, 0.6) is 0 Å². The molecule has 0 aliphatic heterocycles. The van der Waals surface area contributed by atoms with Crippen molar-refractivity contribution >= 4 is 13.8 Å². The molecule has 4 N–H and O–H groups in total. The van der Waals surface area contributed by atoms with Gasteiger partial charge < -0.3 is 30.1 Å². The number of hydrogen-bond donors (Lipinski definition) is 3. The second-order valence-electron chi connectivity index (χ2n) is 1.40. The topological polar surface area (TPSA) is 147 Å². The van der Waals surface area contributed by atoms with Crippen LogP contribution in [-0.2, 0) is 9.36 Å². The van der Waals surface area contributed by atoms with Crippen molar-refractivity contribution in [2.24, 2.45) is 5.73 Å². The smallest absolute Gasteiger partial charge is 0.790 e. The zero-order valence-corrected chi connectivity index (χ0v) is 14.6. The van der Waals surface area contributed by atoms with E-state index in [4.69, 9.17) is 30.1 Å². The van der Waals surface area contributed by atoms with Crippen molar-refractivity contribution in [3.8, 4) is 0 Å². The van der Waals surface area contributed by atoms with Crippen molar-refractivity contribution < 1.29 is 132 Å². The molecule has 0 heterocycles. The van der Waals surface area contributed by atoms with E-state index < -0.39 is 13.8 Å². The third kappa shape index (κ3) is 72.0. The number of rotatable bonds is 2. The number of carboxylic acid groups (broad SMARTS) is 1. The first-order chi connectivity index (χ1) is 4.77. The maximum absolute atomic E-state index is 9.52. The molecule has 0 aliphatic rings. The summed E-state index contributed by atoms with van der Waals surface area (Å²) in [5, 5.41) is 7.83. The van der Waals surface area contributed by atoms with Crippen LogP contribution in [0.25, 0.3) is 0 Å². The Bertz CT molecular complexity index is 152. The average Bonchev–Trinajstić information content (AvgIpc) is 1.58. The van der Waals surface area contributed by atoms with Crippen LogP contribution in [-0.4, -0.2) is 22.5 Å². The summed E-state index contributed by atoms with van der Waals surface area (Å²) in [6.45, 7) is 0.231. The molecule has 0 radical (unpaired) electrons. The first-order valence-electron chi connectivity index (χ1n) is 2.44. The largest absolute Gasteiger partial charge is 1.00 e. The van der Waals surface area contributed by atoms with Gasteiger partial charge in [0.1, 0.15) is 0 Å². The molecule has 0 amide bonds. The molecule has 0 rings (SSSR count). The molecule has 0 fully saturated rings. The molecule has 0 unspecified atom stereocenters. The van der Waals surface area contributed by atoms with Gasteiger partial charge in [0.25, 0.3) is 0 Å². The van der Waals surface area contributed by atoms with Crippen LogP contribution in [0.2, 0.25) is 0 Å². The van der Waals surface area contributed by atoms with Crippen LogP contribution in [0.1, 0.15) is 6.42 Å². The molecule has 7 nitrogen and oxygen atoms in total. The summed E-state index contributed by atoms with van der Waals surface area (Å²) in [5.74, 6) is -0.836. The van der Waals surface area contributed by atoms with Crippen molar-refractivity contribution in [2.45, 2.75) is 6.42 Å². The molecular weight excluding hydrogens is 255 g/mol. The predicted molar refractivity (Wildman–Crippen MR) is 31.1 cm³/mol. The Morgan fingerprint density at radius 1 is 1.38 bits per heavy atom. The molecule has 0 aromatic heterocycles. The molecule has 0 aromatic rings. The van der Waals surface area contributed by atoms with E-state index in [1.165, 1.54) is 0 Å². The van der Waals surface area contributed by atoms with Crippen LogP contribution >= 0.6 is 7.82 Å². The minimum absolute atomic E-state index is 0. The van der Waals surface area contributed by atoms with E-state index >= 15 is 0 Å². The van der Waals surface area contributed by atoms with Gasteiger partial charge in [-0.05, 0) is 0 Å². The van der Waals surface area contributed by atoms with Gasteiger partial charge in [0, 0.05) is 6.54 Å². The molecule has 10 heteroatoms. The van der Waals surface area contributed by atoms with Gasteiger partial charge in [-0.25, -0.2) is 0 Å². The zero-order chi connectivity index (χ0) is 9.49. The first kappa shape index (κ1) is 24.9. The number of nitrogens with two attached hydrogens (primary N) is 1. The third-order valence-corrected chi connectivity index (χ3v) is 0.358. The van der Waals surface area contributed by atoms with Crippen LogP contribution in [0.3, 0.4) is 0 Å². The number of carboxylic acids is 1. The third-order valence-electron chi connectivity index (χ3n) is 0.358. The molecular formula is C3H8K2NO6P. The van der Waals surface area contributed by atoms with E-state index in [9.17, 15) is 4.79 Å². The second-order valence-corrected chi connectivity index (χ2v) is 2.34. The number of aliphatic carboxylic acids is 1. The first-order valence-corrected chi connectivity index (χ1v) is 3.93. The number of phosphoric acid groups is 1. The van der Waals surface area contributed by atoms with Crippen molar-refractivity contribution in [1.29, 1.82) is 0 Å². The minimum atomic E-state index is -5.14. The van der Waals surface area contributed by atoms with Gasteiger partial charge in [-0.2, -0.15) is 0 Å². The van der Waals surface area contributed by atoms with Gasteiger partial charge >= 0.3 is 109 Å². The summed E-state index contributed by atoms with van der Waals surface area (Å²) < 4.78 is 8.66. The van der Waals surface area contributed by atoms with E-state index in [0.717, 1.165) is 0 Å². The van der Waals surface area contributed by atoms with E-state index in [1.807, 2.05) is 0 Å². The van der Waals surface area contributed by atoms with Gasteiger partial charge in [-0.3, -0.25) is 4.79 Å². The average molecular weight is 263 g/mol. The molecule has 0 saturated heterocycles. The van der Waals surface area contributed by atoms with E-state index in [-0.39, 0.29) is 116 Å². The standard InChI is InChI=1S/C3H7NO2.2K.H3O4P/c4-2-1-3(5)6;;;1-5(2,3)4/h1-2,4H2,(H,5,6);;;(H3,1,2,3,4)/q;2*+1;/p-2. The van der Waals surface area contributed by atoms with Gasteiger partial charge in [0.15, 0.2) is 0 Å². The van der Waals surface area contributed by atoms with E-state index in [1.54, 1.807) is 0 Å². The van der Waals surface area contributed by atoms with Gasteiger partial charge in [-0.15, -0.1) is 0 Å². The molecule has 0 spiro atoms.